The maximum absolute atomic E-state index is 12.9. The van der Waals surface area contributed by atoms with E-state index in [0.29, 0.717) is 31.7 Å². The van der Waals surface area contributed by atoms with Gasteiger partial charge in [0.25, 0.3) is 5.91 Å². The highest BCUT2D eigenvalue weighted by atomic mass is 79.9. The maximum atomic E-state index is 12.9. The quantitative estimate of drug-likeness (QED) is 0.660. The number of amides is 1. The van der Waals surface area contributed by atoms with Gasteiger partial charge in [0.2, 0.25) is 10.0 Å². The molecular weight excluding hydrogens is 436 g/mol. The van der Waals surface area contributed by atoms with E-state index in [9.17, 15) is 13.2 Å². The summed E-state index contributed by atoms with van der Waals surface area (Å²) in [6, 6.07) is 10.3. The van der Waals surface area contributed by atoms with Gasteiger partial charge in [-0.15, -0.1) is 11.3 Å². The molecule has 1 aliphatic rings. The Hall–Kier alpha value is -1.22. The molecule has 0 bridgehead atoms. The molecule has 0 unspecified atom stereocenters. The molecule has 1 amide bonds. The fourth-order valence-electron chi connectivity index (χ4n) is 3.00. The molecule has 0 radical (unpaired) electrons. The number of thiophene rings is 1. The minimum atomic E-state index is -3.52. The first-order chi connectivity index (χ1) is 12.4. The minimum absolute atomic E-state index is 0.157. The van der Waals surface area contributed by atoms with E-state index in [0.717, 1.165) is 21.5 Å². The topological polar surface area (TPSA) is 57.7 Å². The van der Waals surface area contributed by atoms with Gasteiger partial charge in [0.1, 0.15) is 0 Å². The number of halogens is 1. The zero-order valence-electron chi connectivity index (χ0n) is 14.5. The Morgan fingerprint density at radius 1 is 1.23 bits per heavy atom. The van der Waals surface area contributed by atoms with Crippen molar-refractivity contribution in [3.63, 3.8) is 0 Å². The van der Waals surface area contributed by atoms with Crippen LogP contribution in [-0.2, 0) is 16.6 Å². The van der Waals surface area contributed by atoms with Crippen LogP contribution in [0.3, 0.4) is 0 Å². The predicted molar refractivity (Wildman–Crippen MR) is 107 cm³/mol. The Labute approximate surface area is 166 Å². The van der Waals surface area contributed by atoms with Crippen molar-refractivity contribution in [2.75, 3.05) is 19.6 Å². The molecule has 0 saturated carbocycles. The average Bonchev–Trinajstić information content (AvgIpc) is 3.31. The Kier molecular flexibility index (Phi) is 6.17. The second-order valence-electron chi connectivity index (χ2n) is 6.16. The van der Waals surface area contributed by atoms with Crippen molar-refractivity contribution >= 4 is 43.2 Å². The highest BCUT2D eigenvalue weighted by molar-refractivity contribution is 9.11. The van der Waals surface area contributed by atoms with Gasteiger partial charge in [0.05, 0.1) is 15.2 Å². The van der Waals surface area contributed by atoms with E-state index in [1.54, 1.807) is 34.4 Å². The fraction of sp³-hybridized carbons (Fsp3) is 0.389. The van der Waals surface area contributed by atoms with Gasteiger partial charge in [-0.2, -0.15) is 4.31 Å². The number of sulfonamides is 1. The molecule has 1 fully saturated rings. The fourth-order valence-corrected chi connectivity index (χ4v) is 6.06. The minimum Gasteiger partial charge on any atom is -0.334 e. The van der Waals surface area contributed by atoms with E-state index >= 15 is 0 Å². The summed E-state index contributed by atoms with van der Waals surface area (Å²) < 4.78 is 28.0. The van der Waals surface area contributed by atoms with Crippen LogP contribution >= 0.6 is 27.3 Å². The predicted octanol–water partition coefficient (Wildman–Crippen LogP) is 3.96. The van der Waals surface area contributed by atoms with Crippen molar-refractivity contribution < 1.29 is 13.2 Å². The van der Waals surface area contributed by atoms with E-state index in [1.165, 1.54) is 10.4 Å². The summed E-state index contributed by atoms with van der Waals surface area (Å²) in [4.78, 5) is 15.9. The molecule has 0 spiro atoms. The number of benzene rings is 1. The monoisotopic (exact) mass is 456 g/mol. The first kappa shape index (κ1) is 19.5. The third-order valence-corrected chi connectivity index (χ3v) is 7.93. The van der Waals surface area contributed by atoms with Gasteiger partial charge in [-0.3, -0.25) is 4.79 Å². The van der Waals surface area contributed by atoms with Crippen molar-refractivity contribution in [3.8, 4) is 0 Å². The zero-order valence-corrected chi connectivity index (χ0v) is 17.7. The lowest BCUT2D eigenvalue weighted by Crippen LogP contribution is -2.31. The molecule has 8 heteroatoms. The van der Waals surface area contributed by atoms with Crippen LogP contribution < -0.4 is 0 Å². The number of carbonyl (C=O) groups excluding carboxylic acids is 1. The van der Waals surface area contributed by atoms with E-state index in [4.69, 9.17) is 0 Å². The summed E-state index contributed by atoms with van der Waals surface area (Å²) in [5, 5.41) is 0. The van der Waals surface area contributed by atoms with Crippen molar-refractivity contribution in [2.24, 2.45) is 0 Å². The van der Waals surface area contributed by atoms with E-state index < -0.39 is 10.0 Å². The number of hydrogen-bond donors (Lipinski definition) is 0. The van der Waals surface area contributed by atoms with Crippen LogP contribution in [0.25, 0.3) is 0 Å². The third-order valence-electron chi connectivity index (χ3n) is 4.43. The smallest absolute Gasteiger partial charge is 0.254 e. The number of nitrogens with zero attached hydrogens (tertiary/aromatic N) is 2. The largest absolute Gasteiger partial charge is 0.334 e. The number of carbonyl (C=O) groups is 1. The Morgan fingerprint density at radius 3 is 2.58 bits per heavy atom. The molecular formula is C18H21BrN2O3S2. The lowest BCUT2D eigenvalue weighted by molar-refractivity contribution is 0.0754. The highest BCUT2D eigenvalue weighted by Crippen LogP contribution is 2.25. The molecule has 0 aliphatic carbocycles. The van der Waals surface area contributed by atoms with E-state index in [-0.39, 0.29) is 10.8 Å². The van der Waals surface area contributed by atoms with Crippen LogP contribution in [0.4, 0.5) is 0 Å². The molecule has 1 aliphatic heterocycles. The number of rotatable bonds is 6. The molecule has 0 atom stereocenters. The van der Waals surface area contributed by atoms with Crippen LogP contribution in [0, 0.1) is 0 Å². The first-order valence-corrected chi connectivity index (χ1v) is 11.6. The lowest BCUT2D eigenvalue weighted by atomic mass is 10.2. The van der Waals surface area contributed by atoms with Gasteiger partial charge in [0.15, 0.2) is 0 Å². The van der Waals surface area contributed by atoms with Gasteiger partial charge >= 0.3 is 0 Å². The second kappa shape index (κ2) is 8.21. The van der Waals surface area contributed by atoms with Crippen LogP contribution in [0.5, 0.6) is 0 Å². The van der Waals surface area contributed by atoms with Crippen molar-refractivity contribution in [3.05, 3.63) is 50.6 Å². The average molecular weight is 457 g/mol. The van der Waals surface area contributed by atoms with Gasteiger partial charge < -0.3 is 4.90 Å². The molecule has 2 heterocycles. The summed E-state index contributed by atoms with van der Waals surface area (Å²) in [5.41, 5.74) is 0.405. The van der Waals surface area contributed by atoms with Gasteiger partial charge in [0, 0.05) is 30.1 Å². The Morgan fingerprint density at radius 2 is 1.96 bits per heavy atom. The molecule has 1 aromatic carbocycles. The standard InChI is InChI=1S/C18H21BrN2O3S2/c1-2-20(13-15-8-9-17(19)25-15)18(22)14-6-5-7-16(12-14)26(23,24)21-10-3-4-11-21/h5-9,12H,2-4,10-11,13H2,1H3. The van der Waals surface area contributed by atoms with Gasteiger partial charge in [-0.05, 0) is 66.0 Å². The molecule has 1 saturated heterocycles. The first-order valence-electron chi connectivity index (χ1n) is 8.55. The summed E-state index contributed by atoms with van der Waals surface area (Å²) >= 11 is 5.02. The second-order valence-corrected chi connectivity index (χ2v) is 10.6. The zero-order chi connectivity index (χ0) is 18.7. The summed E-state index contributed by atoms with van der Waals surface area (Å²) in [7, 11) is -3.52. The normalized spacial score (nSPS) is 15.3. The van der Waals surface area contributed by atoms with Crippen LogP contribution in [0.2, 0.25) is 0 Å². The van der Waals surface area contributed by atoms with Crippen molar-refractivity contribution in [1.82, 2.24) is 9.21 Å². The summed E-state index contributed by atoms with van der Waals surface area (Å²) in [5.74, 6) is -0.157. The Bertz CT molecular complexity index is 889. The maximum Gasteiger partial charge on any atom is 0.254 e. The SMILES string of the molecule is CCN(Cc1ccc(Br)s1)C(=O)c1cccc(S(=O)(=O)N2CCCC2)c1. The number of hydrogen-bond acceptors (Lipinski definition) is 4. The highest BCUT2D eigenvalue weighted by Gasteiger charge is 2.28. The molecule has 140 valence electrons. The van der Waals surface area contributed by atoms with Crippen LogP contribution in [0.1, 0.15) is 35.0 Å². The van der Waals surface area contributed by atoms with Crippen molar-refractivity contribution in [2.45, 2.75) is 31.2 Å². The lowest BCUT2D eigenvalue weighted by Gasteiger charge is -2.21. The van der Waals surface area contributed by atoms with E-state index in [2.05, 4.69) is 15.9 Å². The van der Waals surface area contributed by atoms with Gasteiger partial charge in [-0.1, -0.05) is 6.07 Å². The van der Waals surface area contributed by atoms with Crippen LogP contribution in [0.15, 0.2) is 45.1 Å². The third kappa shape index (κ3) is 4.19. The summed E-state index contributed by atoms with van der Waals surface area (Å²) in [6.07, 6.45) is 1.77. The van der Waals surface area contributed by atoms with E-state index in [1.807, 2.05) is 19.1 Å². The molecule has 2 aromatic rings. The Balaban J connectivity index is 1.82. The molecule has 3 rings (SSSR count). The van der Waals surface area contributed by atoms with Gasteiger partial charge in [-0.25, -0.2) is 8.42 Å². The molecule has 5 nitrogen and oxygen atoms in total. The molecule has 26 heavy (non-hydrogen) atoms. The molecule has 0 N–H and O–H groups in total. The van der Waals surface area contributed by atoms with Crippen molar-refractivity contribution in [1.29, 1.82) is 0 Å². The summed E-state index contributed by atoms with van der Waals surface area (Å²) in [6.45, 7) is 4.08. The van der Waals surface area contributed by atoms with Crippen LogP contribution in [-0.4, -0.2) is 43.2 Å². The molecule has 1 aromatic heterocycles.